The molecule has 46 heavy (non-hydrogen) atoms. The molecule has 0 spiro atoms. The quantitative estimate of drug-likeness (QED) is 0.204. The first-order chi connectivity index (χ1) is 22.3. The molecule has 0 amide bonds. The van der Waals surface area contributed by atoms with Crippen LogP contribution in [-0.4, -0.2) is 4.98 Å². The summed E-state index contributed by atoms with van der Waals surface area (Å²) in [5.41, 5.74) is 12.7. The van der Waals surface area contributed by atoms with Crippen LogP contribution in [0.25, 0.3) is 11.1 Å². The summed E-state index contributed by atoms with van der Waals surface area (Å²) in [6.45, 7) is 9.12. The minimum absolute atomic E-state index is 0.121. The van der Waals surface area contributed by atoms with Crippen LogP contribution in [0.5, 0.6) is 0 Å². The topological polar surface area (TPSA) is 43.2 Å². The predicted octanol–water partition coefficient (Wildman–Crippen LogP) is 10.8. The normalized spacial score (nSPS) is 15.2. The van der Waals surface area contributed by atoms with E-state index in [1.165, 1.54) is 22.3 Å². The summed E-state index contributed by atoms with van der Waals surface area (Å²) in [4.78, 5) is 9.50. The van der Waals surface area contributed by atoms with E-state index in [0.717, 1.165) is 45.4 Å². The third kappa shape index (κ3) is 4.02. The van der Waals surface area contributed by atoms with E-state index in [1.54, 1.807) is 0 Å². The molecule has 5 aromatic carbocycles. The highest BCUT2D eigenvalue weighted by atomic mass is 15.2. The van der Waals surface area contributed by atoms with Gasteiger partial charge in [-0.05, 0) is 76.3 Å². The van der Waals surface area contributed by atoms with Gasteiger partial charge in [0.2, 0.25) is 0 Å². The van der Waals surface area contributed by atoms with Crippen molar-refractivity contribution in [3.63, 3.8) is 0 Å². The van der Waals surface area contributed by atoms with E-state index < -0.39 is 0 Å². The summed E-state index contributed by atoms with van der Waals surface area (Å²) in [5, 5.41) is 10.5. The lowest BCUT2D eigenvalue weighted by atomic mass is 9.73. The molecule has 0 N–H and O–H groups in total. The van der Waals surface area contributed by atoms with E-state index in [1.807, 2.05) is 12.3 Å². The molecule has 8 rings (SSSR count). The average molecular weight is 595 g/mol. The van der Waals surface area contributed by atoms with Gasteiger partial charge in [-0.1, -0.05) is 107 Å². The van der Waals surface area contributed by atoms with Gasteiger partial charge in [0.25, 0.3) is 0 Å². The Morgan fingerprint density at radius 2 is 0.935 bits per heavy atom. The number of benzene rings is 5. The summed E-state index contributed by atoms with van der Waals surface area (Å²) in [6.07, 6.45) is 1.92. The Hall–Kier alpha value is -5.66. The first-order valence-corrected chi connectivity index (χ1v) is 15.8. The lowest BCUT2D eigenvalue weighted by molar-refractivity contribution is 0.631. The van der Waals surface area contributed by atoms with Gasteiger partial charge in [-0.2, -0.15) is 5.26 Å². The van der Waals surface area contributed by atoms with Crippen molar-refractivity contribution >= 4 is 34.3 Å². The van der Waals surface area contributed by atoms with Crippen molar-refractivity contribution in [2.45, 2.75) is 38.5 Å². The minimum Gasteiger partial charge on any atom is -0.309 e. The van der Waals surface area contributed by atoms with Gasteiger partial charge in [-0.15, -0.1) is 0 Å². The summed E-state index contributed by atoms with van der Waals surface area (Å²) < 4.78 is 0. The lowest BCUT2D eigenvalue weighted by Crippen LogP contribution is -2.30. The number of nitriles is 1. The maximum absolute atomic E-state index is 10.5. The molecule has 0 bridgehead atoms. The van der Waals surface area contributed by atoms with Crippen molar-refractivity contribution in [2.75, 3.05) is 9.80 Å². The Kier molecular flexibility index (Phi) is 6.17. The molecule has 0 radical (unpaired) electrons. The second-order valence-corrected chi connectivity index (χ2v) is 13.2. The number of rotatable bonds is 3. The predicted molar refractivity (Wildman–Crippen MR) is 188 cm³/mol. The first-order valence-electron chi connectivity index (χ1n) is 15.8. The van der Waals surface area contributed by atoms with Gasteiger partial charge < -0.3 is 4.90 Å². The molecule has 1 aromatic heterocycles. The van der Waals surface area contributed by atoms with Crippen LogP contribution in [0.4, 0.5) is 34.3 Å². The lowest BCUT2D eigenvalue weighted by Gasteiger charge is -2.42. The van der Waals surface area contributed by atoms with Crippen LogP contribution in [0.1, 0.15) is 55.5 Å². The zero-order valence-electron chi connectivity index (χ0n) is 26.5. The van der Waals surface area contributed by atoms with Gasteiger partial charge in [0.05, 0.1) is 34.0 Å². The minimum atomic E-state index is -0.158. The average Bonchev–Trinajstić information content (AvgIpc) is 3.09. The first kappa shape index (κ1) is 27.9. The van der Waals surface area contributed by atoms with E-state index in [0.29, 0.717) is 5.56 Å². The molecule has 3 heterocycles. The summed E-state index contributed by atoms with van der Waals surface area (Å²) in [6, 6.07) is 47.1. The van der Waals surface area contributed by atoms with Crippen molar-refractivity contribution in [2.24, 2.45) is 0 Å². The fraction of sp³-hybridized carbons (Fsp3) is 0.143. The summed E-state index contributed by atoms with van der Waals surface area (Å²) in [5.74, 6) is 0.862. The van der Waals surface area contributed by atoms with Crippen molar-refractivity contribution < 1.29 is 0 Å². The molecule has 0 saturated carbocycles. The van der Waals surface area contributed by atoms with Crippen molar-refractivity contribution in [1.29, 1.82) is 5.26 Å². The van der Waals surface area contributed by atoms with E-state index in [9.17, 15) is 5.26 Å². The number of hydrogen-bond acceptors (Lipinski definition) is 4. The maximum atomic E-state index is 10.5. The fourth-order valence-corrected chi connectivity index (χ4v) is 7.53. The molecule has 4 heteroatoms. The Balaban J connectivity index is 1.20. The van der Waals surface area contributed by atoms with Crippen LogP contribution < -0.4 is 9.80 Å². The van der Waals surface area contributed by atoms with E-state index in [2.05, 4.69) is 165 Å². The Morgan fingerprint density at radius 1 is 0.500 bits per heavy atom. The number of hydrogen-bond donors (Lipinski definition) is 0. The molecule has 0 fully saturated rings. The molecule has 222 valence electrons. The highest BCUT2D eigenvalue weighted by Gasteiger charge is 2.38. The molecule has 0 atom stereocenters. The summed E-state index contributed by atoms with van der Waals surface area (Å²) >= 11 is 0. The van der Waals surface area contributed by atoms with Crippen LogP contribution in [-0.2, 0) is 10.8 Å². The molecule has 2 aliphatic rings. The van der Waals surface area contributed by atoms with Crippen molar-refractivity contribution in [3.05, 3.63) is 161 Å². The van der Waals surface area contributed by atoms with Gasteiger partial charge in [0, 0.05) is 22.6 Å². The SMILES string of the molecule is CC1(C)c2ccccc2N(c2ccc(-c3ccc(N4c5ccccc5C(C)(C)c5ccccc54)c(C#N)c3)cn2)c2ccccc21. The maximum Gasteiger partial charge on any atom is 0.137 e. The molecular weight excluding hydrogens is 560 g/mol. The molecule has 0 unspecified atom stereocenters. The second kappa shape index (κ2) is 10.2. The second-order valence-electron chi connectivity index (χ2n) is 13.2. The van der Waals surface area contributed by atoms with Gasteiger partial charge in [0.1, 0.15) is 11.9 Å². The van der Waals surface area contributed by atoms with Crippen molar-refractivity contribution in [1.82, 2.24) is 4.98 Å². The van der Waals surface area contributed by atoms with Gasteiger partial charge in [0.15, 0.2) is 0 Å². The van der Waals surface area contributed by atoms with Crippen LogP contribution >= 0.6 is 0 Å². The van der Waals surface area contributed by atoms with Crippen LogP contribution in [0.15, 0.2) is 134 Å². The Morgan fingerprint density at radius 3 is 1.37 bits per heavy atom. The Labute approximate surface area is 270 Å². The molecule has 0 saturated heterocycles. The zero-order valence-corrected chi connectivity index (χ0v) is 26.5. The summed E-state index contributed by atoms with van der Waals surface area (Å²) in [7, 11) is 0. The number of para-hydroxylation sites is 4. The van der Waals surface area contributed by atoms with E-state index >= 15 is 0 Å². The monoisotopic (exact) mass is 594 g/mol. The van der Waals surface area contributed by atoms with Crippen LogP contribution in [0.2, 0.25) is 0 Å². The third-order valence-corrected chi connectivity index (χ3v) is 9.94. The number of pyridine rings is 1. The third-order valence-electron chi connectivity index (χ3n) is 9.94. The van der Waals surface area contributed by atoms with Gasteiger partial charge in [-0.25, -0.2) is 4.98 Å². The van der Waals surface area contributed by atoms with Gasteiger partial charge in [-0.3, -0.25) is 4.90 Å². The van der Waals surface area contributed by atoms with Crippen molar-refractivity contribution in [3.8, 4) is 17.2 Å². The zero-order chi connectivity index (χ0) is 31.6. The fourth-order valence-electron chi connectivity index (χ4n) is 7.53. The number of anilines is 6. The van der Waals surface area contributed by atoms with Gasteiger partial charge >= 0.3 is 0 Å². The molecule has 4 nitrogen and oxygen atoms in total. The number of nitrogens with zero attached hydrogens (tertiary/aromatic N) is 4. The van der Waals surface area contributed by atoms with E-state index in [4.69, 9.17) is 4.98 Å². The Bertz CT molecular complexity index is 2090. The molecule has 0 aliphatic carbocycles. The van der Waals surface area contributed by atoms with E-state index in [-0.39, 0.29) is 10.8 Å². The highest BCUT2D eigenvalue weighted by Crippen LogP contribution is 2.53. The highest BCUT2D eigenvalue weighted by molar-refractivity contribution is 5.89. The number of fused-ring (bicyclic) bond motifs is 4. The standard InChI is InChI=1S/C42H34N4/c1-41(2)31-13-5-9-17-36(31)45(37-18-10-6-14-32(37)41)35-23-21-28(25-30(35)26-43)29-22-24-40(44-27-29)46-38-19-11-7-15-33(38)42(3,4)34-16-8-12-20-39(34)46/h5-25,27H,1-4H3. The molecule has 2 aliphatic heterocycles. The molecule has 6 aromatic rings. The molecular formula is C42H34N4. The largest absolute Gasteiger partial charge is 0.309 e. The number of aromatic nitrogens is 1. The van der Waals surface area contributed by atoms with Crippen LogP contribution in [0, 0.1) is 11.3 Å². The van der Waals surface area contributed by atoms with Crippen LogP contribution in [0.3, 0.4) is 0 Å². The smallest absolute Gasteiger partial charge is 0.137 e.